The van der Waals surface area contributed by atoms with E-state index in [4.69, 9.17) is 0 Å². The second-order valence-electron chi connectivity index (χ2n) is 6.88. The highest BCUT2D eigenvalue weighted by Crippen LogP contribution is 2.23. The summed E-state index contributed by atoms with van der Waals surface area (Å²) in [7, 11) is 1.90. The minimum Gasteiger partial charge on any atom is -0.312 e. The number of hydrogen-bond donors (Lipinski definition) is 1. The lowest BCUT2D eigenvalue weighted by atomic mass is 10.1. The van der Waals surface area contributed by atoms with E-state index in [-0.39, 0.29) is 11.9 Å². The van der Waals surface area contributed by atoms with Gasteiger partial charge in [0.1, 0.15) is 5.52 Å². The van der Waals surface area contributed by atoms with Crippen LogP contribution in [0.25, 0.3) is 11.0 Å². The predicted octanol–water partition coefficient (Wildman–Crippen LogP) is 2.95. The van der Waals surface area contributed by atoms with Crippen LogP contribution in [0.5, 0.6) is 0 Å². The molecule has 1 aliphatic rings. The van der Waals surface area contributed by atoms with Gasteiger partial charge in [-0.1, -0.05) is 23.4 Å². The van der Waals surface area contributed by atoms with Gasteiger partial charge in [0.2, 0.25) is 5.91 Å². The van der Waals surface area contributed by atoms with E-state index in [1.54, 1.807) is 4.68 Å². The number of nitrogens with zero attached hydrogens (tertiary/aromatic N) is 4. The van der Waals surface area contributed by atoms with Gasteiger partial charge in [0.25, 0.3) is 0 Å². The number of aryl methyl sites for hydroxylation is 1. The van der Waals surface area contributed by atoms with Gasteiger partial charge in [-0.3, -0.25) is 4.79 Å². The molecule has 0 saturated carbocycles. The van der Waals surface area contributed by atoms with Crippen LogP contribution in [-0.2, 0) is 18.4 Å². The van der Waals surface area contributed by atoms with Gasteiger partial charge in [0.05, 0.1) is 5.52 Å². The fourth-order valence-electron chi connectivity index (χ4n) is 3.45. The molecule has 4 rings (SSSR count). The van der Waals surface area contributed by atoms with Crippen molar-refractivity contribution in [3.63, 3.8) is 0 Å². The van der Waals surface area contributed by atoms with Gasteiger partial charge >= 0.3 is 0 Å². The summed E-state index contributed by atoms with van der Waals surface area (Å²) in [6.45, 7) is 3.74. The molecule has 0 unspecified atom stereocenters. The van der Waals surface area contributed by atoms with Crippen molar-refractivity contribution in [1.29, 1.82) is 0 Å². The number of amides is 1. The van der Waals surface area contributed by atoms with Crippen LogP contribution in [0.1, 0.15) is 36.9 Å². The van der Waals surface area contributed by atoms with Crippen LogP contribution in [0.15, 0.2) is 42.5 Å². The van der Waals surface area contributed by atoms with Crippen molar-refractivity contribution < 1.29 is 4.79 Å². The van der Waals surface area contributed by atoms with Gasteiger partial charge in [-0.05, 0) is 48.7 Å². The van der Waals surface area contributed by atoms with Gasteiger partial charge in [-0.15, -0.1) is 5.10 Å². The molecule has 6 heteroatoms. The molecule has 6 nitrogen and oxygen atoms in total. The molecule has 1 aromatic heterocycles. The highest BCUT2D eigenvalue weighted by molar-refractivity contribution is 5.95. The number of nitrogens with one attached hydrogen (secondary N) is 1. The van der Waals surface area contributed by atoms with E-state index in [1.165, 1.54) is 11.1 Å². The Bertz CT molecular complexity index is 931. The number of anilines is 1. The average molecular weight is 349 g/mol. The van der Waals surface area contributed by atoms with E-state index >= 15 is 0 Å². The Hall–Kier alpha value is -2.73. The lowest BCUT2D eigenvalue weighted by Crippen LogP contribution is -2.23. The molecule has 1 amide bonds. The smallest absolute Gasteiger partial charge is 0.227 e. The lowest BCUT2D eigenvalue weighted by Gasteiger charge is -2.18. The summed E-state index contributed by atoms with van der Waals surface area (Å²) in [5.41, 5.74) is 5.34. The highest BCUT2D eigenvalue weighted by Gasteiger charge is 2.21. The molecule has 0 spiro atoms. The SMILES string of the molecule is C[C@@H](NCc1ccc2c(c1)nnn2C)c1ccc(N2CCCC2=O)cc1. The van der Waals surface area contributed by atoms with Gasteiger partial charge in [0, 0.05) is 38.3 Å². The maximum absolute atomic E-state index is 11.9. The van der Waals surface area contributed by atoms with Crippen molar-refractivity contribution in [3.8, 4) is 0 Å². The maximum atomic E-state index is 11.9. The Labute approximate surface area is 152 Å². The van der Waals surface area contributed by atoms with E-state index in [0.717, 1.165) is 36.2 Å². The Morgan fingerprint density at radius 2 is 2.00 bits per heavy atom. The summed E-state index contributed by atoms with van der Waals surface area (Å²) in [6, 6.07) is 14.7. The minimum absolute atomic E-state index is 0.218. The van der Waals surface area contributed by atoms with Crippen LogP contribution in [0.3, 0.4) is 0 Å². The Balaban J connectivity index is 1.40. The normalized spacial score (nSPS) is 15.8. The molecule has 1 aliphatic heterocycles. The first kappa shape index (κ1) is 16.7. The quantitative estimate of drug-likeness (QED) is 0.769. The van der Waals surface area contributed by atoms with Crippen molar-refractivity contribution in [1.82, 2.24) is 20.3 Å². The van der Waals surface area contributed by atoms with Gasteiger partial charge < -0.3 is 10.2 Å². The molecule has 1 fully saturated rings. The number of aromatic nitrogens is 3. The Morgan fingerprint density at radius 1 is 1.19 bits per heavy atom. The number of fused-ring (bicyclic) bond motifs is 1. The zero-order chi connectivity index (χ0) is 18.1. The second-order valence-corrected chi connectivity index (χ2v) is 6.88. The number of benzene rings is 2. The molecule has 2 aromatic carbocycles. The van der Waals surface area contributed by atoms with Crippen LogP contribution in [0.4, 0.5) is 5.69 Å². The maximum Gasteiger partial charge on any atom is 0.227 e. The summed E-state index contributed by atoms with van der Waals surface area (Å²) in [5.74, 6) is 0.225. The van der Waals surface area contributed by atoms with E-state index in [1.807, 2.05) is 24.1 Å². The second kappa shape index (κ2) is 6.88. The predicted molar refractivity (Wildman–Crippen MR) is 102 cm³/mol. The molecular weight excluding hydrogens is 326 g/mol. The third-order valence-electron chi connectivity index (χ3n) is 5.07. The monoisotopic (exact) mass is 349 g/mol. The molecule has 3 aromatic rings. The van der Waals surface area contributed by atoms with Crippen molar-refractivity contribution in [3.05, 3.63) is 53.6 Å². The van der Waals surface area contributed by atoms with E-state index in [0.29, 0.717) is 6.42 Å². The minimum atomic E-state index is 0.218. The topological polar surface area (TPSA) is 63.1 Å². The van der Waals surface area contributed by atoms with Gasteiger partial charge in [0.15, 0.2) is 0 Å². The third kappa shape index (κ3) is 3.20. The zero-order valence-electron chi connectivity index (χ0n) is 15.1. The molecule has 0 bridgehead atoms. The van der Waals surface area contributed by atoms with Crippen LogP contribution >= 0.6 is 0 Å². The Morgan fingerprint density at radius 3 is 2.73 bits per heavy atom. The fourth-order valence-corrected chi connectivity index (χ4v) is 3.45. The van der Waals surface area contributed by atoms with Crippen LogP contribution in [0.2, 0.25) is 0 Å². The molecule has 1 N–H and O–H groups in total. The first-order valence-electron chi connectivity index (χ1n) is 9.04. The third-order valence-corrected chi connectivity index (χ3v) is 5.07. The first-order valence-corrected chi connectivity index (χ1v) is 9.04. The summed E-state index contributed by atoms with van der Waals surface area (Å²) in [6.07, 6.45) is 1.62. The number of rotatable bonds is 5. The largest absolute Gasteiger partial charge is 0.312 e. The van der Waals surface area contributed by atoms with E-state index < -0.39 is 0 Å². The first-order chi connectivity index (χ1) is 12.6. The number of carbonyl (C=O) groups excluding carboxylic acids is 1. The Kier molecular flexibility index (Phi) is 4.42. The molecule has 0 aliphatic carbocycles. The standard InChI is InChI=1S/C20H23N5O/c1-14(16-6-8-17(9-7-16)25-11-3-4-20(25)26)21-13-15-5-10-19-18(12-15)22-23-24(19)2/h5-10,12,14,21H,3-4,11,13H2,1-2H3/t14-/m1/s1. The summed E-state index contributed by atoms with van der Waals surface area (Å²) in [4.78, 5) is 13.7. The van der Waals surface area contributed by atoms with Crippen LogP contribution in [-0.4, -0.2) is 27.4 Å². The van der Waals surface area contributed by atoms with Crippen molar-refractivity contribution in [2.24, 2.45) is 7.05 Å². The average Bonchev–Trinajstić information content (AvgIpc) is 3.25. The molecule has 134 valence electrons. The molecule has 1 saturated heterocycles. The van der Waals surface area contributed by atoms with Crippen molar-refractivity contribution in [2.75, 3.05) is 11.4 Å². The van der Waals surface area contributed by atoms with Crippen LogP contribution in [0, 0.1) is 0 Å². The summed E-state index contributed by atoms with van der Waals surface area (Å²) < 4.78 is 1.78. The summed E-state index contributed by atoms with van der Waals surface area (Å²) >= 11 is 0. The molecule has 2 heterocycles. The zero-order valence-corrected chi connectivity index (χ0v) is 15.1. The van der Waals surface area contributed by atoms with Crippen molar-refractivity contribution >= 4 is 22.6 Å². The molecule has 26 heavy (non-hydrogen) atoms. The summed E-state index contributed by atoms with van der Waals surface area (Å²) in [5, 5.41) is 11.8. The lowest BCUT2D eigenvalue weighted by molar-refractivity contribution is -0.117. The molecular formula is C20H23N5O. The highest BCUT2D eigenvalue weighted by atomic mass is 16.2. The van der Waals surface area contributed by atoms with E-state index in [9.17, 15) is 4.79 Å². The number of hydrogen-bond acceptors (Lipinski definition) is 4. The fraction of sp³-hybridized carbons (Fsp3) is 0.350. The van der Waals surface area contributed by atoms with Gasteiger partial charge in [-0.25, -0.2) is 4.68 Å². The van der Waals surface area contributed by atoms with Gasteiger partial charge in [-0.2, -0.15) is 0 Å². The van der Waals surface area contributed by atoms with Crippen molar-refractivity contribution in [2.45, 2.75) is 32.4 Å². The van der Waals surface area contributed by atoms with Crippen LogP contribution < -0.4 is 10.2 Å². The molecule has 1 atom stereocenters. The van der Waals surface area contributed by atoms with E-state index in [2.05, 4.69) is 52.9 Å². The number of carbonyl (C=O) groups is 1. The molecule has 0 radical (unpaired) electrons.